The Morgan fingerprint density at radius 3 is 2.91 bits per heavy atom. The summed E-state index contributed by atoms with van der Waals surface area (Å²) < 4.78 is 17.3. The molecule has 0 saturated carbocycles. The molecule has 2 aromatic rings. The summed E-state index contributed by atoms with van der Waals surface area (Å²) in [6.07, 6.45) is 1.84. The van der Waals surface area contributed by atoms with Crippen molar-refractivity contribution >= 4 is 5.91 Å². The largest absolute Gasteiger partial charge is 0.479 e. The number of carbonyl (C=O) groups is 1. The van der Waals surface area contributed by atoms with Gasteiger partial charge in [-0.05, 0) is 31.0 Å². The molecule has 0 spiro atoms. The highest BCUT2D eigenvalue weighted by atomic mass is 16.5. The molecule has 0 aliphatic carbocycles. The average Bonchev–Trinajstić information content (AvgIpc) is 3.20. The number of amides is 1. The summed E-state index contributed by atoms with van der Waals surface area (Å²) in [5.74, 6) is 0.666. The van der Waals surface area contributed by atoms with Crippen molar-refractivity contribution in [2.45, 2.75) is 32.4 Å². The van der Waals surface area contributed by atoms with Gasteiger partial charge in [-0.25, -0.2) is 0 Å². The molecule has 1 fully saturated rings. The van der Waals surface area contributed by atoms with Gasteiger partial charge in [0.25, 0.3) is 11.8 Å². The SMILES string of the molecule is COc1cc(CNC(=O)c2cc(C)n(C3CCOCC3)n2)on1. The third-order valence-corrected chi connectivity index (χ3v) is 3.86. The van der Waals surface area contributed by atoms with Crippen LogP contribution in [0.5, 0.6) is 5.88 Å². The van der Waals surface area contributed by atoms with Crippen LogP contribution >= 0.6 is 0 Å². The molecule has 0 radical (unpaired) electrons. The van der Waals surface area contributed by atoms with Crippen molar-refractivity contribution < 1.29 is 18.8 Å². The number of methoxy groups -OCH3 is 1. The fraction of sp³-hybridized carbons (Fsp3) is 0.533. The molecule has 1 aliphatic rings. The lowest BCUT2D eigenvalue weighted by atomic mass is 10.1. The predicted molar refractivity (Wildman–Crippen MR) is 80.3 cm³/mol. The number of carbonyl (C=O) groups excluding carboxylic acids is 1. The summed E-state index contributed by atoms with van der Waals surface area (Å²) in [5.41, 5.74) is 1.38. The van der Waals surface area contributed by atoms with Gasteiger partial charge in [0.15, 0.2) is 5.76 Å². The molecule has 0 unspecified atom stereocenters. The topological polar surface area (TPSA) is 91.4 Å². The number of aromatic nitrogens is 3. The lowest BCUT2D eigenvalue weighted by molar-refractivity contribution is 0.0654. The first-order valence-corrected chi connectivity index (χ1v) is 7.59. The zero-order chi connectivity index (χ0) is 16.2. The van der Waals surface area contributed by atoms with Crippen LogP contribution in [0, 0.1) is 6.92 Å². The van der Waals surface area contributed by atoms with Gasteiger partial charge in [0.1, 0.15) is 5.69 Å². The minimum absolute atomic E-state index is 0.234. The van der Waals surface area contributed by atoms with Crippen LogP contribution in [-0.4, -0.2) is 41.2 Å². The van der Waals surface area contributed by atoms with Crippen molar-refractivity contribution in [3.05, 3.63) is 29.3 Å². The first kappa shape index (κ1) is 15.5. The number of nitrogens with zero attached hydrogens (tertiary/aromatic N) is 3. The summed E-state index contributed by atoms with van der Waals surface area (Å²) in [7, 11) is 1.51. The summed E-state index contributed by atoms with van der Waals surface area (Å²) in [6.45, 7) is 3.66. The van der Waals surface area contributed by atoms with Crippen LogP contribution in [0.1, 0.15) is 40.8 Å². The van der Waals surface area contributed by atoms with Crippen LogP contribution in [-0.2, 0) is 11.3 Å². The minimum atomic E-state index is -0.241. The number of nitrogens with one attached hydrogen (secondary N) is 1. The van der Waals surface area contributed by atoms with E-state index in [0.717, 1.165) is 31.7 Å². The zero-order valence-electron chi connectivity index (χ0n) is 13.2. The van der Waals surface area contributed by atoms with Crippen LogP contribution in [0.15, 0.2) is 16.7 Å². The minimum Gasteiger partial charge on any atom is -0.479 e. The Bertz CT molecular complexity index is 673. The molecular weight excluding hydrogens is 300 g/mol. The van der Waals surface area contributed by atoms with Crippen LogP contribution in [0.25, 0.3) is 0 Å². The molecule has 3 heterocycles. The molecule has 1 amide bonds. The second kappa shape index (κ2) is 6.82. The van der Waals surface area contributed by atoms with E-state index in [-0.39, 0.29) is 12.5 Å². The Morgan fingerprint density at radius 1 is 1.43 bits per heavy atom. The normalized spacial score (nSPS) is 15.6. The first-order chi connectivity index (χ1) is 11.2. The van der Waals surface area contributed by atoms with E-state index in [4.69, 9.17) is 14.0 Å². The van der Waals surface area contributed by atoms with Gasteiger partial charge in [0.2, 0.25) is 0 Å². The van der Waals surface area contributed by atoms with Crippen molar-refractivity contribution in [2.24, 2.45) is 0 Å². The molecule has 8 heteroatoms. The lowest BCUT2D eigenvalue weighted by Crippen LogP contribution is -2.24. The fourth-order valence-electron chi connectivity index (χ4n) is 2.63. The van der Waals surface area contributed by atoms with Crippen molar-refractivity contribution in [3.63, 3.8) is 0 Å². The number of aryl methyl sites for hydroxylation is 1. The van der Waals surface area contributed by atoms with Gasteiger partial charge in [0.05, 0.1) is 19.7 Å². The Labute approximate surface area is 133 Å². The van der Waals surface area contributed by atoms with E-state index in [1.165, 1.54) is 7.11 Å². The maximum absolute atomic E-state index is 12.2. The van der Waals surface area contributed by atoms with Gasteiger partial charge >= 0.3 is 0 Å². The monoisotopic (exact) mass is 320 g/mol. The third kappa shape index (κ3) is 3.53. The highest BCUT2D eigenvalue weighted by molar-refractivity contribution is 5.92. The average molecular weight is 320 g/mol. The standard InChI is InChI=1S/C15H20N4O4/c1-10-7-13(17-19(10)11-3-5-22-6-4-11)15(20)16-9-12-8-14(21-2)18-23-12/h7-8,11H,3-6,9H2,1-2H3,(H,16,20). The second-order valence-electron chi connectivity index (χ2n) is 5.48. The van der Waals surface area contributed by atoms with Crippen molar-refractivity contribution in [1.82, 2.24) is 20.3 Å². The van der Waals surface area contributed by atoms with E-state index in [2.05, 4.69) is 15.6 Å². The van der Waals surface area contributed by atoms with Crippen molar-refractivity contribution in [2.75, 3.05) is 20.3 Å². The van der Waals surface area contributed by atoms with E-state index in [9.17, 15) is 4.79 Å². The summed E-state index contributed by atoms with van der Waals surface area (Å²) >= 11 is 0. The summed E-state index contributed by atoms with van der Waals surface area (Å²) in [4.78, 5) is 12.2. The van der Waals surface area contributed by atoms with E-state index in [1.807, 2.05) is 11.6 Å². The number of ether oxygens (including phenoxy) is 2. The highest BCUT2D eigenvalue weighted by Gasteiger charge is 2.21. The van der Waals surface area contributed by atoms with Gasteiger partial charge < -0.3 is 19.3 Å². The van der Waals surface area contributed by atoms with Crippen LogP contribution < -0.4 is 10.1 Å². The number of hydrogen-bond acceptors (Lipinski definition) is 6. The third-order valence-electron chi connectivity index (χ3n) is 3.86. The Kier molecular flexibility index (Phi) is 4.61. The van der Waals surface area contributed by atoms with Crippen molar-refractivity contribution in [1.29, 1.82) is 0 Å². The van der Waals surface area contributed by atoms with Gasteiger partial charge in [-0.2, -0.15) is 5.10 Å². The Balaban J connectivity index is 1.63. The fourth-order valence-corrected chi connectivity index (χ4v) is 2.63. The smallest absolute Gasteiger partial charge is 0.272 e. The molecule has 0 atom stereocenters. The Morgan fingerprint density at radius 2 is 2.22 bits per heavy atom. The second-order valence-corrected chi connectivity index (χ2v) is 5.48. The quantitative estimate of drug-likeness (QED) is 0.897. The molecule has 1 saturated heterocycles. The highest BCUT2D eigenvalue weighted by Crippen LogP contribution is 2.22. The molecule has 23 heavy (non-hydrogen) atoms. The number of rotatable bonds is 5. The van der Waals surface area contributed by atoms with Crippen molar-refractivity contribution in [3.8, 4) is 5.88 Å². The van der Waals surface area contributed by atoms with Gasteiger partial charge in [-0.3, -0.25) is 9.48 Å². The zero-order valence-corrected chi connectivity index (χ0v) is 13.2. The first-order valence-electron chi connectivity index (χ1n) is 7.59. The van der Waals surface area contributed by atoms with Gasteiger partial charge in [0, 0.05) is 25.0 Å². The molecule has 0 bridgehead atoms. The molecular formula is C15H20N4O4. The predicted octanol–water partition coefficient (Wildman–Crippen LogP) is 1.47. The maximum Gasteiger partial charge on any atom is 0.272 e. The van der Waals surface area contributed by atoms with Gasteiger partial charge in [-0.1, -0.05) is 0 Å². The lowest BCUT2D eigenvalue weighted by Gasteiger charge is -2.23. The van der Waals surface area contributed by atoms with E-state index >= 15 is 0 Å². The summed E-state index contributed by atoms with van der Waals surface area (Å²) in [6, 6.07) is 3.72. The molecule has 1 aliphatic heterocycles. The molecule has 124 valence electrons. The number of hydrogen-bond donors (Lipinski definition) is 1. The summed E-state index contributed by atoms with van der Waals surface area (Å²) in [5, 5.41) is 10.9. The maximum atomic E-state index is 12.2. The van der Waals surface area contributed by atoms with E-state index in [1.54, 1.807) is 12.1 Å². The van der Waals surface area contributed by atoms with Crippen LogP contribution in [0.4, 0.5) is 0 Å². The van der Waals surface area contributed by atoms with Gasteiger partial charge in [-0.15, -0.1) is 0 Å². The Hall–Kier alpha value is -2.35. The van der Waals surface area contributed by atoms with E-state index in [0.29, 0.717) is 23.4 Å². The van der Waals surface area contributed by atoms with Crippen LogP contribution in [0.2, 0.25) is 0 Å². The molecule has 1 N–H and O–H groups in total. The van der Waals surface area contributed by atoms with Crippen LogP contribution in [0.3, 0.4) is 0 Å². The molecule has 2 aromatic heterocycles. The molecule has 8 nitrogen and oxygen atoms in total. The molecule has 3 rings (SSSR count). The molecule has 0 aromatic carbocycles. The van der Waals surface area contributed by atoms with E-state index < -0.39 is 0 Å².